The molecule has 0 saturated carbocycles. The van der Waals surface area contributed by atoms with Crippen LogP contribution < -0.4 is 10.1 Å². The first-order valence-electron chi connectivity index (χ1n) is 14.4. The number of rotatable bonds is 7. The monoisotopic (exact) mass is 595 g/mol. The van der Waals surface area contributed by atoms with Gasteiger partial charge in [-0.1, -0.05) is 30.7 Å². The number of allylic oxidation sites excluding steroid dienone is 5. The van der Waals surface area contributed by atoms with Crippen LogP contribution in [0.1, 0.15) is 83.0 Å². The molecule has 3 aliphatic rings. The molecule has 1 N–H and O–H groups in total. The van der Waals surface area contributed by atoms with Crippen molar-refractivity contribution in [1.29, 1.82) is 0 Å². The van der Waals surface area contributed by atoms with Gasteiger partial charge in [0.15, 0.2) is 11.6 Å². The number of ether oxygens (including phenoxy) is 2. The summed E-state index contributed by atoms with van der Waals surface area (Å²) in [4.78, 5) is 34.7. The van der Waals surface area contributed by atoms with Crippen molar-refractivity contribution in [2.24, 2.45) is 15.9 Å². The minimum Gasteiger partial charge on any atom is -0.494 e. The van der Waals surface area contributed by atoms with E-state index in [0.29, 0.717) is 23.3 Å². The molecule has 0 spiro atoms. The number of aliphatic imine (C=N–C) groups is 2. The molecule has 4 rings (SSSR count). The highest BCUT2D eigenvalue weighted by Crippen LogP contribution is 2.39. The van der Waals surface area contributed by atoms with E-state index in [2.05, 4.69) is 41.8 Å². The van der Waals surface area contributed by atoms with Crippen molar-refractivity contribution in [3.8, 4) is 5.75 Å². The molecule has 224 valence electrons. The lowest BCUT2D eigenvalue weighted by Gasteiger charge is -2.22. The van der Waals surface area contributed by atoms with Gasteiger partial charge in [0, 0.05) is 18.5 Å². The highest BCUT2D eigenvalue weighted by Gasteiger charge is 2.33. The molecule has 0 bridgehead atoms. The van der Waals surface area contributed by atoms with Crippen LogP contribution >= 0.6 is 11.6 Å². The average Bonchev–Trinajstić information content (AvgIpc) is 3.22. The zero-order chi connectivity index (χ0) is 30.6. The lowest BCUT2D eigenvalue weighted by Crippen LogP contribution is -2.35. The van der Waals surface area contributed by atoms with E-state index in [-0.39, 0.29) is 46.5 Å². The number of carbonyl (C=O) groups is 2. The van der Waals surface area contributed by atoms with Gasteiger partial charge < -0.3 is 14.8 Å². The molecule has 42 heavy (non-hydrogen) atoms. The molecule has 7 nitrogen and oxygen atoms in total. The number of halogens is 2. The number of methoxy groups -OCH3 is 1. The van der Waals surface area contributed by atoms with Crippen molar-refractivity contribution in [3.05, 3.63) is 70.3 Å². The van der Waals surface area contributed by atoms with Gasteiger partial charge in [0.25, 0.3) is 5.91 Å². The Morgan fingerprint density at radius 2 is 1.98 bits per heavy atom. The molecule has 3 unspecified atom stereocenters. The lowest BCUT2D eigenvalue weighted by molar-refractivity contribution is -0.114. The Labute approximate surface area is 252 Å². The van der Waals surface area contributed by atoms with Crippen molar-refractivity contribution < 1.29 is 23.5 Å². The number of alkyl halides is 1. The highest BCUT2D eigenvalue weighted by atomic mass is 35.5. The quantitative estimate of drug-likeness (QED) is 0.151. The van der Waals surface area contributed by atoms with Crippen molar-refractivity contribution in [2.45, 2.75) is 84.1 Å². The summed E-state index contributed by atoms with van der Waals surface area (Å²) in [6.45, 7) is 11.6. The van der Waals surface area contributed by atoms with E-state index in [1.165, 1.54) is 18.7 Å². The summed E-state index contributed by atoms with van der Waals surface area (Å²) in [6, 6.07) is 2.46. The van der Waals surface area contributed by atoms with Crippen LogP contribution in [0.4, 0.5) is 10.1 Å². The number of nitrogens with zero attached hydrogens (tertiary/aromatic N) is 2. The number of Topliss-reactive ketones (excluding diaryl/α,β-unsaturated/α-hetero) is 1. The molecular weight excluding hydrogens is 557 g/mol. The Bertz CT molecular complexity index is 1440. The Balaban J connectivity index is 1.62. The predicted octanol–water partition coefficient (Wildman–Crippen LogP) is 7.68. The second-order valence-electron chi connectivity index (χ2n) is 11.3. The van der Waals surface area contributed by atoms with Crippen molar-refractivity contribution in [1.82, 2.24) is 5.32 Å². The van der Waals surface area contributed by atoms with Crippen molar-refractivity contribution in [2.75, 3.05) is 7.11 Å². The molecule has 9 heteroatoms. The van der Waals surface area contributed by atoms with Gasteiger partial charge in [-0.2, -0.15) is 4.99 Å². The number of benzene rings is 1. The second-order valence-corrected chi connectivity index (χ2v) is 11.9. The minimum absolute atomic E-state index is 0.0385. The van der Waals surface area contributed by atoms with E-state index >= 15 is 4.39 Å². The fourth-order valence-corrected chi connectivity index (χ4v) is 5.47. The molecule has 1 amide bonds. The van der Waals surface area contributed by atoms with Crippen LogP contribution in [0.3, 0.4) is 0 Å². The Morgan fingerprint density at radius 3 is 2.67 bits per heavy atom. The first kappa shape index (κ1) is 31.4. The van der Waals surface area contributed by atoms with Gasteiger partial charge in [0.05, 0.1) is 18.2 Å². The number of amidine groups is 1. The maximum atomic E-state index is 15.3. The third kappa shape index (κ3) is 7.27. The second kappa shape index (κ2) is 13.6. The molecule has 0 radical (unpaired) electrons. The van der Waals surface area contributed by atoms with Gasteiger partial charge in [-0.15, -0.1) is 11.6 Å². The number of amides is 1. The van der Waals surface area contributed by atoms with Crippen LogP contribution in [0, 0.1) is 11.7 Å². The van der Waals surface area contributed by atoms with E-state index in [0.717, 1.165) is 50.2 Å². The highest BCUT2D eigenvalue weighted by molar-refractivity contribution is 6.31. The SMILES string of the molecule is C=C(C)C(=Nc1cc(F)c(C(=O)NC2CCC=C(C)CC2)cc1OC)N=C(OC1=CCC(C)C2=C1C(=O)CC2)C(C)Cl. The van der Waals surface area contributed by atoms with Crippen LogP contribution in [0.25, 0.3) is 0 Å². The summed E-state index contributed by atoms with van der Waals surface area (Å²) in [5, 5.41) is 2.30. The number of hydrogen-bond donors (Lipinski definition) is 1. The first-order valence-corrected chi connectivity index (χ1v) is 14.9. The van der Waals surface area contributed by atoms with Crippen LogP contribution in [0.15, 0.2) is 68.9 Å². The number of hydrogen-bond acceptors (Lipinski definition) is 5. The number of ketones is 1. The van der Waals surface area contributed by atoms with Gasteiger partial charge in [-0.05, 0) is 82.9 Å². The molecule has 0 heterocycles. The van der Waals surface area contributed by atoms with Crippen LogP contribution in [-0.2, 0) is 9.53 Å². The molecule has 1 aromatic rings. The van der Waals surface area contributed by atoms with E-state index in [1.54, 1.807) is 13.8 Å². The van der Waals surface area contributed by atoms with E-state index in [9.17, 15) is 9.59 Å². The van der Waals surface area contributed by atoms with Gasteiger partial charge in [-0.25, -0.2) is 9.38 Å². The Kier molecular flexibility index (Phi) is 10.2. The average molecular weight is 596 g/mol. The van der Waals surface area contributed by atoms with Gasteiger partial charge in [0.1, 0.15) is 28.4 Å². The summed E-state index contributed by atoms with van der Waals surface area (Å²) in [7, 11) is 1.42. The van der Waals surface area contributed by atoms with E-state index in [4.69, 9.17) is 21.1 Å². The fraction of sp³-hybridized carbons (Fsp3) is 0.455. The third-order valence-electron chi connectivity index (χ3n) is 7.84. The maximum Gasteiger partial charge on any atom is 0.254 e. The van der Waals surface area contributed by atoms with Crippen LogP contribution in [0.5, 0.6) is 5.75 Å². The van der Waals surface area contributed by atoms with Crippen molar-refractivity contribution in [3.63, 3.8) is 0 Å². The van der Waals surface area contributed by atoms with Crippen molar-refractivity contribution >= 4 is 40.7 Å². The Morgan fingerprint density at radius 1 is 1.21 bits per heavy atom. The summed E-state index contributed by atoms with van der Waals surface area (Å²) >= 11 is 6.46. The lowest BCUT2D eigenvalue weighted by atomic mass is 9.89. The standard InChI is InChI=1S/C33H39ClFN3O4/c1-18(2)31(38-33(21(5)34)42-28-15-11-20(4)23-13-14-27(39)30(23)28)37-26-17-25(35)24(16-29(26)41-6)32(40)36-22-9-7-8-19(3)10-12-22/h8,15-17,20-22H,1,7,9-14H2,2-6H3,(H,36,40). The molecule has 0 aromatic heterocycles. The largest absolute Gasteiger partial charge is 0.494 e. The molecular formula is C33H39ClFN3O4. The zero-order valence-corrected chi connectivity index (χ0v) is 25.7. The first-order chi connectivity index (χ1) is 20.0. The molecule has 0 fully saturated rings. The van der Waals surface area contributed by atoms with E-state index in [1.807, 2.05) is 6.08 Å². The molecule has 0 aliphatic heterocycles. The summed E-state index contributed by atoms with van der Waals surface area (Å²) in [6.07, 6.45) is 9.40. The molecule has 3 aliphatic carbocycles. The van der Waals surface area contributed by atoms with Gasteiger partial charge in [0.2, 0.25) is 5.90 Å². The predicted molar refractivity (Wildman–Crippen MR) is 165 cm³/mol. The summed E-state index contributed by atoms with van der Waals surface area (Å²) in [5.74, 6) is 0.0277. The number of carbonyl (C=O) groups excluding carboxylic acids is 2. The zero-order valence-electron chi connectivity index (χ0n) is 25.0. The summed E-state index contributed by atoms with van der Waals surface area (Å²) in [5.41, 5.74) is 3.49. The molecule has 3 atom stereocenters. The Hall–Kier alpha value is -3.52. The summed E-state index contributed by atoms with van der Waals surface area (Å²) < 4.78 is 26.9. The number of nitrogens with one attached hydrogen (secondary N) is 1. The van der Waals surface area contributed by atoms with Gasteiger partial charge in [-0.3, -0.25) is 9.59 Å². The maximum absolute atomic E-state index is 15.3. The normalized spacial score (nSPS) is 22.1. The third-order valence-corrected chi connectivity index (χ3v) is 8.03. The topological polar surface area (TPSA) is 89.3 Å². The van der Waals surface area contributed by atoms with Crippen LogP contribution in [0.2, 0.25) is 0 Å². The van der Waals surface area contributed by atoms with E-state index < -0.39 is 17.1 Å². The molecule has 1 aromatic carbocycles. The van der Waals surface area contributed by atoms with Gasteiger partial charge >= 0.3 is 0 Å². The molecule has 0 saturated heterocycles. The fourth-order valence-electron chi connectivity index (χ4n) is 5.38. The minimum atomic E-state index is -0.733. The smallest absolute Gasteiger partial charge is 0.254 e. The van der Waals surface area contributed by atoms with Crippen LogP contribution in [-0.4, -0.2) is 42.0 Å².